The normalized spacial score (nSPS) is 22.2. The first-order valence-corrected chi connectivity index (χ1v) is 16.8. The quantitative estimate of drug-likeness (QED) is 0.378. The molecular weight excluding hydrogens is 506 g/mol. The van der Waals surface area contributed by atoms with Gasteiger partial charge in [0.05, 0.1) is 0 Å². The molecule has 42 heavy (non-hydrogen) atoms. The molecule has 2 N–H and O–H groups in total. The number of allylic oxidation sites excluding steroid dienone is 8. The predicted molar refractivity (Wildman–Crippen MR) is 181 cm³/mol. The molecule has 0 fully saturated rings. The number of hydrogen-bond acceptors (Lipinski definition) is 1. The molecule has 0 amide bonds. The van der Waals surface area contributed by atoms with E-state index in [4.69, 9.17) is 5.73 Å². The Kier molecular flexibility index (Phi) is 9.25. The third-order valence-electron chi connectivity index (χ3n) is 10.5. The van der Waals surface area contributed by atoms with Crippen molar-refractivity contribution >= 4 is 16.7 Å². The highest BCUT2D eigenvalue weighted by molar-refractivity contribution is 5.75. The van der Waals surface area contributed by atoms with Gasteiger partial charge < -0.3 is 5.73 Å². The zero-order valence-corrected chi connectivity index (χ0v) is 25.8. The molecule has 1 nitrogen and oxygen atoms in total. The van der Waals surface area contributed by atoms with Crippen LogP contribution in [0.1, 0.15) is 107 Å². The molecule has 6 rings (SSSR count). The summed E-state index contributed by atoms with van der Waals surface area (Å²) in [5.74, 6) is 1.05. The third-order valence-corrected chi connectivity index (χ3v) is 10.5. The molecular formula is C41H49N. The molecule has 1 unspecified atom stereocenters. The van der Waals surface area contributed by atoms with Gasteiger partial charge in [0, 0.05) is 5.92 Å². The standard InChI is InChI=1S/C41H49N/c1-3-30(28-42)31-18-20-33(21-19-31)37-26-27-38(41-17-11-10-16-40(37)41)34-24-22-32(23-25-34)36-14-7-5-4-6-12-29(2)35-13-8-9-15-39(35)36/h8-11,13,15-18,20,22,24,30,36H,2-7,12,14,19,21,23,25-28,42H2,1H3/t30?,36-/m0/s1. The maximum atomic E-state index is 6.06. The summed E-state index contributed by atoms with van der Waals surface area (Å²) in [6, 6.07) is 18.3. The molecule has 0 saturated heterocycles. The second-order valence-corrected chi connectivity index (χ2v) is 12.9. The maximum absolute atomic E-state index is 6.06. The summed E-state index contributed by atoms with van der Waals surface area (Å²) < 4.78 is 0. The van der Waals surface area contributed by atoms with Gasteiger partial charge in [-0.3, -0.25) is 0 Å². The third kappa shape index (κ3) is 6.00. The average Bonchev–Trinajstić information content (AvgIpc) is 3.05. The van der Waals surface area contributed by atoms with E-state index < -0.39 is 0 Å². The fourth-order valence-corrected chi connectivity index (χ4v) is 8.05. The molecule has 0 bridgehead atoms. The molecule has 4 aliphatic rings. The number of nitrogens with two attached hydrogens (primary N) is 1. The highest BCUT2D eigenvalue weighted by Crippen LogP contribution is 2.42. The van der Waals surface area contributed by atoms with Crippen LogP contribution in [0.5, 0.6) is 0 Å². The minimum absolute atomic E-state index is 0.514. The van der Waals surface area contributed by atoms with Crippen molar-refractivity contribution in [1.82, 2.24) is 0 Å². The SMILES string of the molecule is C=C1CCCCCC[C@@H](C2=CC=C(C3=c4ccccc4=C(C4=CC=C(C(CC)CN)CC4)CC3)CC2)c2ccccc21. The van der Waals surface area contributed by atoms with Crippen LogP contribution < -0.4 is 16.2 Å². The van der Waals surface area contributed by atoms with E-state index in [2.05, 4.69) is 86.3 Å². The van der Waals surface area contributed by atoms with Gasteiger partial charge in [-0.05, 0) is 126 Å². The smallest absolute Gasteiger partial charge is 0.00574 e. The first-order chi connectivity index (χ1) is 20.7. The monoisotopic (exact) mass is 555 g/mol. The zero-order valence-electron chi connectivity index (χ0n) is 25.8. The second-order valence-electron chi connectivity index (χ2n) is 12.9. The molecule has 0 heterocycles. The lowest BCUT2D eigenvalue weighted by Crippen LogP contribution is -2.33. The molecule has 0 radical (unpaired) electrons. The van der Waals surface area contributed by atoms with Gasteiger partial charge in [0.2, 0.25) is 0 Å². The molecule has 0 saturated carbocycles. The Morgan fingerprint density at radius 2 is 1.38 bits per heavy atom. The van der Waals surface area contributed by atoms with Crippen LogP contribution in [0, 0.1) is 5.92 Å². The summed E-state index contributed by atoms with van der Waals surface area (Å²) in [6.45, 7) is 7.53. The van der Waals surface area contributed by atoms with Crippen molar-refractivity contribution in [2.45, 2.75) is 96.3 Å². The second kappa shape index (κ2) is 13.4. The number of fused-ring (bicyclic) bond motifs is 2. The molecule has 0 aliphatic heterocycles. The van der Waals surface area contributed by atoms with E-state index >= 15 is 0 Å². The van der Waals surface area contributed by atoms with Gasteiger partial charge >= 0.3 is 0 Å². The molecule has 2 aromatic carbocycles. The number of benzene rings is 2. The van der Waals surface area contributed by atoms with Crippen molar-refractivity contribution in [2.75, 3.05) is 6.54 Å². The van der Waals surface area contributed by atoms with Gasteiger partial charge in [-0.25, -0.2) is 0 Å². The highest BCUT2D eigenvalue weighted by Gasteiger charge is 2.25. The van der Waals surface area contributed by atoms with E-state index in [-0.39, 0.29) is 0 Å². The van der Waals surface area contributed by atoms with Crippen molar-refractivity contribution in [3.63, 3.8) is 0 Å². The van der Waals surface area contributed by atoms with Crippen molar-refractivity contribution < 1.29 is 0 Å². The van der Waals surface area contributed by atoms with Crippen LogP contribution in [0.2, 0.25) is 0 Å². The minimum Gasteiger partial charge on any atom is -0.330 e. The predicted octanol–water partition coefficient (Wildman–Crippen LogP) is 9.21. The Hall–Kier alpha value is -3.16. The molecule has 1 heteroatoms. The van der Waals surface area contributed by atoms with Crippen LogP contribution in [0.15, 0.2) is 102 Å². The summed E-state index contributed by atoms with van der Waals surface area (Å²) in [6.07, 6.45) is 25.5. The summed E-state index contributed by atoms with van der Waals surface area (Å²) in [7, 11) is 0. The summed E-state index contributed by atoms with van der Waals surface area (Å²) in [5.41, 5.74) is 19.7. The van der Waals surface area contributed by atoms with Gasteiger partial charge in [-0.15, -0.1) is 0 Å². The first-order valence-electron chi connectivity index (χ1n) is 16.8. The van der Waals surface area contributed by atoms with E-state index in [1.807, 2.05) is 0 Å². The van der Waals surface area contributed by atoms with Crippen LogP contribution >= 0.6 is 0 Å². The van der Waals surface area contributed by atoms with Crippen molar-refractivity contribution in [2.24, 2.45) is 11.7 Å². The molecule has 2 atom stereocenters. The van der Waals surface area contributed by atoms with Crippen molar-refractivity contribution in [3.8, 4) is 0 Å². The molecule has 0 aromatic heterocycles. The van der Waals surface area contributed by atoms with Crippen LogP contribution in [-0.2, 0) is 0 Å². The minimum atomic E-state index is 0.514. The highest BCUT2D eigenvalue weighted by atomic mass is 14.5. The number of hydrogen-bond donors (Lipinski definition) is 1. The van der Waals surface area contributed by atoms with Crippen molar-refractivity contribution in [1.29, 1.82) is 0 Å². The Labute approximate surface area is 254 Å². The maximum Gasteiger partial charge on any atom is 0.00574 e. The van der Waals surface area contributed by atoms with E-state index in [9.17, 15) is 0 Å². The lowest BCUT2D eigenvalue weighted by atomic mass is 9.76. The zero-order chi connectivity index (χ0) is 28.9. The first kappa shape index (κ1) is 28.9. The van der Waals surface area contributed by atoms with Gasteiger partial charge in [-0.1, -0.05) is 117 Å². The summed E-state index contributed by atoms with van der Waals surface area (Å²) >= 11 is 0. The molecule has 2 aromatic rings. The van der Waals surface area contributed by atoms with Crippen LogP contribution in [0.3, 0.4) is 0 Å². The van der Waals surface area contributed by atoms with E-state index in [1.165, 1.54) is 70.4 Å². The molecule has 218 valence electrons. The number of rotatable bonds is 6. The van der Waals surface area contributed by atoms with Gasteiger partial charge in [0.25, 0.3) is 0 Å². The van der Waals surface area contributed by atoms with Crippen LogP contribution in [0.4, 0.5) is 0 Å². The summed E-state index contributed by atoms with van der Waals surface area (Å²) in [5, 5.41) is 2.93. The Bertz CT molecular complexity index is 1570. The average molecular weight is 556 g/mol. The van der Waals surface area contributed by atoms with Crippen molar-refractivity contribution in [3.05, 3.63) is 123 Å². The Balaban J connectivity index is 1.35. The lowest BCUT2D eigenvalue weighted by molar-refractivity contribution is 0.568. The fourth-order valence-electron chi connectivity index (χ4n) is 8.05. The fraction of sp³-hybridized carbons (Fsp3) is 0.415. The Morgan fingerprint density at radius 1 is 0.714 bits per heavy atom. The Morgan fingerprint density at radius 3 is 2.02 bits per heavy atom. The van der Waals surface area contributed by atoms with Gasteiger partial charge in [0.1, 0.15) is 0 Å². The largest absolute Gasteiger partial charge is 0.330 e. The van der Waals surface area contributed by atoms with Gasteiger partial charge in [0.15, 0.2) is 0 Å². The topological polar surface area (TPSA) is 26.0 Å². The lowest BCUT2D eigenvalue weighted by Gasteiger charge is -2.29. The summed E-state index contributed by atoms with van der Waals surface area (Å²) in [4.78, 5) is 0. The van der Waals surface area contributed by atoms with Gasteiger partial charge in [-0.2, -0.15) is 0 Å². The molecule has 4 aliphatic carbocycles. The van der Waals surface area contributed by atoms with E-state index in [1.54, 1.807) is 22.3 Å². The van der Waals surface area contributed by atoms with Crippen LogP contribution in [-0.4, -0.2) is 6.54 Å². The molecule has 0 spiro atoms. The van der Waals surface area contributed by atoms with E-state index in [0.29, 0.717) is 11.8 Å². The van der Waals surface area contributed by atoms with Crippen LogP contribution in [0.25, 0.3) is 16.7 Å². The van der Waals surface area contributed by atoms with E-state index in [0.717, 1.165) is 57.9 Å².